The summed E-state index contributed by atoms with van der Waals surface area (Å²) in [6.07, 6.45) is 1.79. The van der Waals surface area contributed by atoms with Crippen LogP contribution in [0.15, 0.2) is 120 Å². The summed E-state index contributed by atoms with van der Waals surface area (Å²) in [7, 11) is -2.57. The van der Waals surface area contributed by atoms with Crippen LogP contribution in [0.2, 0.25) is 5.02 Å². The zero-order valence-corrected chi connectivity index (χ0v) is 34.7. The van der Waals surface area contributed by atoms with E-state index in [2.05, 4.69) is 55.0 Å². The molecule has 14 nitrogen and oxygen atoms in total. The van der Waals surface area contributed by atoms with Crippen LogP contribution in [0.3, 0.4) is 0 Å². The van der Waals surface area contributed by atoms with E-state index in [1.54, 1.807) is 30.5 Å². The van der Waals surface area contributed by atoms with Crippen molar-refractivity contribution in [1.82, 2.24) is 24.5 Å². The van der Waals surface area contributed by atoms with Crippen LogP contribution in [0, 0.1) is 10.1 Å². The largest absolute Gasteiger partial charge is 0.456 e. The summed E-state index contributed by atoms with van der Waals surface area (Å²) in [6.45, 7) is 7.93. The summed E-state index contributed by atoms with van der Waals surface area (Å²) in [5.74, 6) is -0.322. The first-order valence-electron chi connectivity index (χ1n) is 19.7. The summed E-state index contributed by atoms with van der Waals surface area (Å²) in [5, 5.41) is 15.4. The Labute approximate surface area is 353 Å². The first-order valence-corrected chi connectivity index (χ1v) is 21.6. The molecule has 2 aliphatic heterocycles. The third-order valence-electron chi connectivity index (χ3n) is 11.3. The number of amides is 1. The third kappa shape index (κ3) is 8.81. The minimum absolute atomic E-state index is 0.0243. The van der Waals surface area contributed by atoms with Gasteiger partial charge in [0.1, 0.15) is 17.2 Å². The van der Waals surface area contributed by atoms with E-state index in [1.807, 2.05) is 60.6 Å². The Bertz CT molecular complexity index is 2640. The molecular weight excluding hydrogens is 804 g/mol. The number of aromatic nitrogens is 1. The lowest BCUT2D eigenvalue weighted by molar-refractivity contribution is -0.384. The van der Waals surface area contributed by atoms with Gasteiger partial charge in [-0.3, -0.25) is 19.8 Å². The number of hydrogen-bond donors (Lipinski definition) is 3. The zero-order chi connectivity index (χ0) is 42.0. The number of nitrogens with zero attached hydrogens (tertiary/aromatic N) is 5. The van der Waals surface area contributed by atoms with E-state index >= 15 is 0 Å². The van der Waals surface area contributed by atoms with E-state index in [0.717, 1.165) is 60.0 Å². The smallest absolute Gasteiger partial charge is 0.295 e. The molecular formula is C44H45ClN8O6S. The number of likely N-dealkylation sites (N-methyl/N-ethyl adjacent to an activating group) is 1. The molecule has 0 radical (unpaired) electrons. The molecule has 0 saturated carbocycles. The summed E-state index contributed by atoms with van der Waals surface area (Å²) in [5.41, 5.74) is 7.86. The lowest BCUT2D eigenvalue weighted by Gasteiger charge is -2.40. The van der Waals surface area contributed by atoms with Crippen LogP contribution in [0.4, 0.5) is 17.1 Å². The van der Waals surface area contributed by atoms with Crippen LogP contribution in [0.1, 0.15) is 28.9 Å². The quantitative estimate of drug-likeness (QED) is 0.0817. The van der Waals surface area contributed by atoms with Gasteiger partial charge in [0.2, 0.25) is 0 Å². The van der Waals surface area contributed by atoms with Crippen molar-refractivity contribution in [2.24, 2.45) is 0 Å². The minimum atomic E-state index is -4.56. The molecule has 3 N–H and O–H groups in total. The number of aromatic amines is 1. The van der Waals surface area contributed by atoms with Crippen LogP contribution in [-0.2, 0) is 10.0 Å². The van der Waals surface area contributed by atoms with Gasteiger partial charge in [-0.2, -0.15) is 0 Å². The fraction of sp³-hybridized carbons (Fsp3) is 0.250. The van der Waals surface area contributed by atoms with Gasteiger partial charge < -0.3 is 24.9 Å². The van der Waals surface area contributed by atoms with Gasteiger partial charge in [-0.25, -0.2) is 18.1 Å². The standard InChI is InChI=1S/C44H45ClN8O6S/c1-30(35-6-3-4-7-36(35)31-10-12-32(45)13-11-31)50-22-24-51(25-23-50)33-14-16-38(43(28-33)59-42-9-5-8-39-37(42)18-19-46-39)44(54)48-60(57,58)34-15-17-40(41(29-34)53(55)56)47-52-26-20-49(2)21-27-52/h3-19,28-30,46-47H,20-27H2,1-2H3,(H,48,54). The van der Waals surface area contributed by atoms with E-state index in [-0.39, 0.29) is 23.0 Å². The Balaban J connectivity index is 1.03. The maximum atomic E-state index is 14.0. The van der Waals surface area contributed by atoms with Gasteiger partial charge in [-0.1, -0.05) is 54.1 Å². The summed E-state index contributed by atoms with van der Waals surface area (Å²) in [4.78, 5) is 35.0. The number of fused-ring (bicyclic) bond motifs is 1. The molecule has 6 aromatic rings. The lowest BCUT2D eigenvalue weighted by atomic mass is 9.94. The highest BCUT2D eigenvalue weighted by Gasteiger charge is 2.29. The average Bonchev–Trinajstić information content (AvgIpc) is 3.75. The number of piperazine rings is 2. The number of nitro benzene ring substituents is 1. The molecule has 0 bridgehead atoms. The number of carbonyl (C=O) groups excluding carboxylic acids is 1. The first kappa shape index (κ1) is 40.8. The predicted octanol–water partition coefficient (Wildman–Crippen LogP) is 7.77. The fourth-order valence-corrected chi connectivity index (χ4v) is 8.92. The van der Waals surface area contributed by atoms with E-state index in [1.165, 1.54) is 17.7 Å². The Kier molecular flexibility index (Phi) is 11.8. The normalized spacial score (nSPS) is 16.1. The number of sulfonamides is 1. The first-order chi connectivity index (χ1) is 28.9. The molecule has 1 aromatic heterocycles. The number of H-pyrrole nitrogens is 1. The summed E-state index contributed by atoms with van der Waals surface area (Å²) >= 11 is 6.18. The highest BCUT2D eigenvalue weighted by atomic mass is 35.5. The van der Waals surface area contributed by atoms with Crippen molar-refractivity contribution in [2.75, 3.05) is 69.7 Å². The van der Waals surface area contributed by atoms with Crippen LogP contribution in [0.5, 0.6) is 11.5 Å². The molecule has 5 aromatic carbocycles. The topological polar surface area (TPSA) is 156 Å². The zero-order valence-electron chi connectivity index (χ0n) is 33.2. The molecule has 2 aliphatic rings. The Hall–Kier alpha value is -5.97. The molecule has 60 heavy (non-hydrogen) atoms. The van der Waals surface area contributed by atoms with Gasteiger partial charge >= 0.3 is 0 Å². The molecule has 2 fully saturated rings. The number of hydrazine groups is 1. The molecule has 1 atom stereocenters. The summed E-state index contributed by atoms with van der Waals surface area (Å²) in [6, 6.07) is 32.4. The van der Waals surface area contributed by atoms with Gasteiger partial charge in [-0.15, -0.1) is 0 Å². The Morgan fingerprint density at radius 2 is 1.60 bits per heavy atom. The molecule has 0 aliphatic carbocycles. The van der Waals surface area contributed by atoms with E-state index < -0.39 is 31.4 Å². The predicted molar refractivity (Wildman–Crippen MR) is 234 cm³/mol. The number of anilines is 2. The molecule has 16 heteroatoms. The molecule has 2 saturated heterocycles. The van der Waals surface area contributed by atoms with Gasteiger partial charge in [0, 0.05) is 98.3 Å². The monoisotopic (exact) mass is 848 g/mol. The second-order valence-electron chi connectivity index (χ2n) is 15.0. The molecule has 1 unspecified atom stereocenters. The third-order valence-corrected chi connectivity index (χ3v) is 12.8. The maximum Gasteiger partial charge on any atom is 0.295 e. The minimum Gasteiger partial charge on any atom is -0.456 e. The number of rotatable bonds is 12. The molecule has 310 valence electrons. The lowest BCUT2D eigenvalue weighted by Crippen LogP contribution is -2.47. The van der Waals surface area contributed by atoms with Crippen molar-refractivity contribution < 1.29 is 22.9 Å². The van der Waals surface area contributed by atoms with Crippen LogP contribution in [-0.4, -0.2) is 98.4 Å². The maximum absolute atomic E-state index is 14.0. The second-order valence-corrected chi connectivity index (χ2v) is 17.2. The number of hydrogen-bond acceptors (Lipinski definition) is 11. The highest BCUT2D eigenvalue weighted by molar-refractivity contribution is 7.90. The fourth-order valence-electron chi connectivity index (χ4n) is 7.81. The Morgan fingerprint density at radius 1 is 0.850 bits per heavy atom. The van der Waals surface area contributed by atoms with Gasteiger partial charge in [0.25, 0.3) is 21.6 Å². The van der Waals surface area contributed by atoms with Crippen molar-refractivity contribution in [3.8, 4) is 22.6 Å². The van der Waals surface area contributed by atoms with E-state index in [4.69, 9.17) is 16.3 Å². The molecule has 3 heterocycles. The SMILES string of the molecule is CC(c1ccccc1-c1ccc(Cl)cc1)N1CCN(c2ccc(C(=O)NS(=O)(=O)c3ccc(NN4CCN(C)CC4)c([N+](=O)[O-])c3)c(Oc3cccc4[nH]ccc34)c2)CC1. The van der Waals surface area contributed by atoms with Crippen molar-refractivity contribution in [3.63, 3.8) is 0 Å². The Morgan fingerprint density at radius 3 is 2.35 bits per heavy atom. The van der Waals surface area contributed by atoms with Crippen LogP contribution < -0.4 is 19.8 Å². The number of nitro groups is 1. The van der Waals surface area contributed by atoms with Crippen molar-refractivity contribution in [2.45, 2.75) is 17.9 Å². The average molecular weight is 849 g/mol. The second kappa shape index (κ2) is 17.3. The van der Waals surface area contributed by atoms with E-state index in [9.17, 15) is 23.3 Å². The van der Waals surface area contributed by atoms with Crippen molar-refractivity contribution >= 4 is 55.5 Å². The number of benzene rings is 5. The molecule has 1 amide bonds. The van der Waals surface area contributed by atoms with Gasteiger partial charge in [0.15, 0.2) is 0 Å². The van der Waals surface area contributed by atoms with Gasteiger partial charge in [-0.05, 0) is 85.3 Å². The number of nitrogens with one attached hydrogen (secondary N) is 3. The number of ether oxygens (including phenoxy) is 1. The van der Waals surface area contributed by atoms with Gasteiger partial charge in [0.05, 0.1) is 15.4 Å². The van der Waals surface area contributed by atoms with Crippen molar-refractivity contribution in [3.05, 3.63) is 142 Å². The number of halogens is 1. The van der Waals surface area contributed by atoms with Crippen LogP contribution in [0.25, 0.3) is 22.0 Å². The molecule has 8 rings (SSSR count). The van der Waals surface area contributed by atoms with Crippen molar-refractivity contribution in [1.29, 1.82) is 0 Å². The number of carbonyl (C=O) groups is 1. The summed E-state index contributed by atoms with van der Waals surface area (Å²) < 4.78 is 36.0. The van der Waals surface area contributed by atoms with E-state index in [0.29, 0.717) is 37.0 Å². The molecule has 0 spiro atoms. The highest BCUT2D eigenvalue weighted by Crippen LogP contribution is 2.37. The van der Waals surface area contributed by atoms with Crippen LogP contribution >= 0.6 is 11.6 Å².